The second kappa shape index (κ2) is 6.53. The van der Waals surface area contributed by atoms with E-state index in [1.807, 2.05) is 30.1 Å². The zero-order chi connectivity index (χ0) is 18.4. The van der Waals surface area contributed by atoms with E-state index in [0.717, 1.165) is 48.5 Å². The maximum atomic E-state index is 12.8. The lowest BCUT2D eigenvalue weighted by molar-refractivity contribution is 0.0705. The predicted molar refractivity (Wildman–Crippen MR) is 104 cm³/mol. The Kier molecular flexibility index (Phi) is 4.00. The first-order valence-corrected chi connectivity index (χ1v) is 10.0. The Balaban J connectivity index is 1.26. The number of rotatable bonds is 3. The number of nitrogens with zero attached hydrogens (tertiary/aromatic N) is 6. The highest BCUT2D eigenvalue weighted by molar-refractivity contribution is 7.00. The van der Waals surface area contributed by atoms with Crippen LogP contribution >= 0.6 is 11.7 Å². The van der Waals surface area contributed by atoms with Crippen LogP contribution in [-0.2, 0) is 12.8 Å². The molecule has 1 aliphatic heterocycles. The van der Waals surface area contributed by atoms with Crippen molar-refractivity contribution in [1.82, 2.24) is 23.8 Å². The van der Waals surface area contributed by atoms with Gasteiger partial charge in [-0.25, -0.2) is 0 Å². The summed E-state index contributed by atoms with van der Waals surface area (Å²) < 4.78 is 8.41. The maximum absolute atomic E-state index is 12.8. The van der Waals surface area contributed by atoms with Crippen molar-refractivity contribution >= 4 is 34.5 Å². The lowest BCUT2D eigenvalue weighted by Crippen LogP contribution is -2.60. The minimum atomic E-state index is 0.0195. The summed E-state index contributed by atoms with van der Waals surface area (Å²) in [6.07, 6.45) is 4.59. The average Bonchev–Trinajstić information content (AvgIpc) is 3.14. The molecule has 3 heterocycles. The fraction of sp³-hybridized carbons (Fsp3) is 0.421. The van der Waals surface area contributed by atoms with Gasteiger partial charge in [-0.05, 0) is 55.5 Å². The van der Waals surface area contributed by atoms with Gasteiger partial charge in [0.25, 0.3) is 5.91 Å². The lowest BCUT2D eigenvalue weighted by atomic mass is 9.96. The molecule has 0 spiro atoms. The van der Waals surface area contributed by atoms with Gasteiger partial charge in [-0.1, -0.05) is 0 Å². The number of hydrogen-bond acceptors (Lipinski definition) is 7. The maximum Gasteiger partial charge on any atom is 0.254 e. The van der Waals surface area contributed by atoms with E-state index in [2.05, 4.69) is 29.9 Å². The molecule has 1 saturated heterocycles. The first-order chi connectivity index (χ1) is 13.2. The summed E-state index contributed by atoms with van der Waals surface area (Å²) in [6.45, 7) is 1.58. The first-order valence-electron chi connectivity index (χ1n) is 9.29. The molecule has 2 aliphatic rings. The Bertz CT molecular complexity index is 1010. The fourth-order valence-corrected chi connectivity index (χ4v) is 4.32. The van der Waals surface area contributed by atoms with Gasteiger partial charge in [-0.3, -0.25) is 4.79 Å². The zero-order valence-corrected chi connectivity index (χ0v) is 15.9. The number of likely N-dealkylation sites (N-methyl/N-ethyl adjacent to an activating group) is 1. The highest BCUT2D eigenvalue weighted by Crippen LogP contribution is 2.26. The molecule has 0 atom stereocenters. The van der Waals surface area contributed by atoms with E-state index in [1.165, 1.54) is 30.1 Å². The van der Waals surface area contributed by atoms with Gasteiger partial charge in [0.1, 0.15) is 11.0 Å². The molecule has 0 unspecified atom stereocenters. The quantitative estimate of drug-likeness (QED) is 0.694. The standard InChI is InChI=1S/C19H20N6OS/c1-24(19(26)13-6-7-16-17(8-13)23-27-22-16)14-10-25(11-14)18-9-12-4-2-3-5-15(12)20-21-18/h6-9,14H,2-5,10-11H2,1H3. The number of benzene rings is 1. The summed E-state index contributed by atoms with van der Waals surface area (Å²) in [4.78, 5) is 16.8. The number of anilines is 1. The van der Waals surface area contributed by atoms with Gasteiger partial charge in [0.05, 0.1) is 23.5 Å². The van der Waals surface area contributed by atoms with Crippen LogP contribution in [0.1, 0.15) is 34.5 Å². The van der Waals surface area contributed by atoms with Crippen molar-refractivity contribution in [3.05, 3.63) is 41.1 Å². The van der Waals surface area contributed by atoms with Crippen LogP contribution in [0.15, 0.2) is 24.3 Å². The molecule has 3 aromatic rings. The number of aryl methyl sites for hydroxylation is 2. The molecule has 0 bridgehead atoms. The molecule has 0 saturated carbocycles. The number of hydrogen-bond donors (Lipinski definition) is 0. The van der Waals surface area contributed by atoms with Crippen molar-refractivity contribution in [3.63, 3.8) is 0 Å². The largest absolute Gasteiger partial charge is 0.351 e. The van der Waals surface area contributed by atoms with Crippen molar-refractivity contribution in [1.29, 1.82) is 0 Å². The smallest absolute Gasteiger partial charge is 0.254 e. The Morgan fingerprint density at radius 3 is 2.81 bits per heavy atom. The summed E-state index contributed by atoms with van der Waals surface area (Å²) in [7, 11) is 1.87. The summed E-state index contributed by atoms with van der Waals surface area (Å²) in [5, 5.41) is 8.81. The molecular weight excluding hydrogens is 360 g/mol. The second-order valence-electron chi connectivity index (χ2n) is 7.32. The van der Waals surface area contributed by atoms with Crippen LogP contribution in [0.2, 0.25) is 0 Å². The number of fused-ring (bicyclic) bond motifs is 2. The van der Waals surface area contributed by atoms with Gasteiger partial charge in [0, 0.05) is 25.7 Å². The number of aromatic nitrogens is 4. The fourth-order valence-electron chi connectivity index (χ4n) is 3.81. The van der Waals surface area contributed by atoms with E-state index in [1.54, 1.807) is 0 Å². The van der Waals surface area contributed by atoms with Gasteiger partial charge < -0.3 is 9.80 Å². The normalized spacial score (nSPS) is 16.9. The number of carbonyl (C=O) groups is 1. The third-order valence-corrected chi connectivity index (χ3v) is 6.17. The van der Waals surface area contributed by atoms with Gasteiger partial charge in [0.2, 0.25) is 0 Å². The molecule has 138 valence electrons. The third kappa shape index (κ3) is 2.93. The molecule has 1 fully saturated rings. The molecule has 7 nitrogen and oxygen atoms in total. The summed E-state index contributed by atoms with van der Waals surface area (Å²) >= 11 is 1.17. The van der Waals surface area contributed by atoms with Crippen LogP contribution in [0.5, 0.6) is 0 Å². The minimum absolute atomic E-state index is 0.0195. The van der Waals surface area contributed by atoms with Gasteiger partial charge in [-0.2, -0.15) is 13.8 Å². The van der Waals surface area contributed by atoms with Crippen LogP contribution in [-0.4, -0.2) is 55.9 Å². The van der Waals surface area contributed by atoms with Crippen LogP contribution in [0, 0.1) is 0 Å². The number of carbonyl (C=O) groups excluding carboxylic acids is 1. The van der Waals surface area contributed by atoms with Crippen LogP contribution in [0.4, 0.5) is 5.82 Å². The Labute approximate surface area is 161 Å². The van der Waals surface area contributed by atoms with E-state index in [9.17, 15) is 4.79 Å². The van der Waals surface area contributed by atoms with Crippen molar-refractivity contribution in [3.8, 4) is 0 Å². The van der Waals surface area contributed by atoms with Gasteiger partial charge in [-0.15, -0.1) is 5.10 Å². The molecular formula is C19H20N6OS. The van der Waals surface area contributed by atoms with Crippen molar-refractivity contribution in [2.24, 2.45) is 0 Å². The molecule has 1 amide bonds. The SMILES string of the molecule is CN(C(=O)c1ccc2nsnc2c1)C1CN(c2cc3c(nn2)CCCC3)C1. The molecule has 27 heavy (non-hydrogen) atoms. The van der Waals surface area contributed by atoms with Crippen molar-refractivity contribution < 1.29 is 4.79 Å². The molecule has 0 N–H and O–H groups in total. The molecule has 1 aromatic carbocycles. The molecule has 5 rings (SSSR count). The molecule has 8 heteroatoms. The van der Waals surface area contributed by atoms with Gasteiger partial charge in [0.15, 0.2) is 5.82 Å². The van der Waals surface area contributed by atoms with Crippen LogP contribution in [0.3, 0.4) is 0 Å². The second-order valence-corrected chi connectivity index (χ2v) is 7.85. The lowest BCUT2D eigenvalue weighted by Gasteiger charge is -2.44. The summed E-state index contributed by atoms with van der Waals surface area (Å²) in [5.41, 5.74) is 4.76. The first kappa shape index (κ1) is 16.6. The van der Waals surface area contributed by atoms with E-state index < -0.39 is 0 Å². The monoisotopic (exact) mass is 380 g/mol. The Morgan fingerprint density at radius 1 is 1.11 bits per heavy atom. The van der Waals surface area contributed by atoms with Crippen molar-refractivity contribution in [2.75, 3.05) is 25.0 Å². The predicted octanol–water partition coefficient (Wildman–Crippen LogP) is 2.32. The van der Waals surface area contributed by atoms with E-state index in [-0.39, 0.29) is 11.9 Å². The minimum Gasteiger partial charge on any atom is -0.351 e. The summed E-state index contributed by atoms with van der Waals surface area (Å²) in [5.74, 6) is 0.953. The Hall–Kier alpha value is -2.61. The number of amides is 1. The highest BCUT2D eigenvalue weighted by atomic mass is 32.1. The van der Waals surface area contributed by atoms with E-state index in [0.29, 0.717) is 5.56 Å². The van der Waals surface area contributed by atoms with E-state index >= 15 is 0 Å². The topological polar surface area (TPSA) is 75.1 Å². The average molecular weight is 380 g/mol. The van der Waals surface area contributed by atoms with Gasteiger partial charge >= 0.3 is 0 Å². The third-order valence-electron chi connectivity index (χ3n) is 5.61. The molecule has 0 radical (unpaired) electrons. The molecule has 2 aromatic heterocycles. The molecule has 1 aliphatic carbocycles. The zero-order valence-electron chi connectivity index (χ0n) is 15.1. The van der Waals surface area contributed by atoms with E-state index in [4.69, 9.17) is 0 Å². The summed E-state index contributed by atoms with van der Waals surface area (Å²) in [6, 6.07) is 7.87. The van der Waals surface area contributed by atoms with Crippen LogP contribution < -0.4 is 4.90 Å². The Morgan fingerprint density at radius 2 is 1.93 bits per heavy atom. The van der Waals surface area contributed by atoms with Crippen LogP contribution in [0.25, 0.3) is 11.0 Å². The van der Waals surface area contributed by atoms with Crippen molar-refractivity contribution in [2.45, 2.75) is 31.7 Å². The highest BCUT2D eigenvalue weighted by Gasteiger charge is 2.34.